The number of esters is 1. The number of para-hydroxylation sites is 1. The number of fused-ring (bicyclic) bond motifs is 1. The topological polar surface area (TPSA) is 76.2 Å². The molecule has 3 aromatic carbocycles. The number of benzene rings is 3. The Morgan fingerprint density at radius 1 is 0.882 bits per heavy atom. The van der Waals surface area contributed by atoms with Gasteiger partial charge in [0.05, 0.1) is 30.1 Å². The number of rotatable bonds is 5. The summed E-state index contributed by atoms with van der Waals surface area (Å²) in [5.41, 5.74) is 2.39. The molecule has 34 heavy (non-hydrogen) atoms. The summed E-state index contributed by atoms with van der Waals surface area (Å²) in [5.74, 6) is -1.96. The summed E-state index contributed by atoms with van der Waals surface area (Å²) < 4.78 is 4.72. The number of hydroxylamine groups is 1. The maximum absolute atomic E-state index is 13.7. The van der Waals surface area contributed by atoms with Crippen molar-refractivity contribution in [3.05, 3.63) is 90.0 Å². The normalized spacial score (nSPS) is 21.6. The molecule has 2 saturated heterocycles. The summed E-state index contributed by atoms with van der Waals surface area (Å²) in [6, 6.07) is 23.1. The molecular formula is C26H22N2O5S. The molecular weight excluding hydrogens is 452 g/mol. The summed E-state index contributed by atoms with van der Waals surface area (Å²) in [7, 11) is 1.30. The van der Waals surface area contributed by atoms with Crippen LogP contribution in [0.2, 0.25) is 0 Å². The van der Waals surface area contributed by atoms with Crippen LogP contribution in [0.15, 0.2) is 83.8 Å². The van der Waals surface area contributed by atoms with Crippen molar-refractivity contribution in [2.24, 2.45) is 5.92 Å². The quantitative estimate of drug-likeness (QED) is 0.311. The summed E-state index contributed by atoms with van der Waals surface area (Å²) in [6.45, 7) is 0. The highest BCUT2D eigenvalue weighted by Crippen LogP contribution is 2.47. The van der Waals surface area contributed by atoms with E-state index >= 15 is 0 Å². The van der Waals surface area contributed by atoms with Gasteiger partial charge in [-0.15, -0.1) is 11.8 Å². The van der Waals surface area contributed by atoms with Crippen molar-refractivity contribution in [1.82, 2.24) is 0 Å². The standard InChI is InChI=1S/C26H22N2O5S/c1-32-26(31)17-8-12-18(13-9-17)27-24(29)21-22(16-10-14-20(34-2)15-11-16)28(33-23(21)25(27)30)19-6-4-3-5-7-19/h3-15,21-23H,1-2H3. The highest BCUT2D eigenvalue weighted by Gasteiger charge is 2.60. The van der Waals surface area contributed by atoms with E-state index in [1.807, 2.05) is 60.9 Å². The summed E-state index contributed by atoms with van der Waals surface area (Å²) in [6.07, 6.45) is 1.06. The fourth-order valence-electron chi connectivity index (χ4n) is 4.47. The van der Waals surface area contributed by atoms with E-state index in [0.717, 1.165) is 21.0 Å². The van der Waals surface area contributed by atoms with E-state index in [2.05, 4.69) is 0 Å². The highest BCUT2D eigenvalue weighted by molar-refractivity contribution is 7.98. The molecule has 0 bridgehead atoms. The second kappa shape index (κ2) is 8.96. The second-order valence-electron chi connectivity index (χ2n) is 7.98. The molecule has 172 valence electrons. The van der Waals surface area contributed by atoms with E-state index in [4.69, 9.17) is 9.57 Å². The molecule has 3 unspecified atom stereocenters. The molecule has 2 aliphatic rings. The maximum Gasteiger partial charge on any atom is 0.337 e. The number of imide groups is 1. The van der Waals surface area contributed by atoms with Crippen LogP contribution < -0.4 is 9.96 Å². The molecule has 0 N–H and O–H groups in total. The minimum atomic E-state index is -0.946. The van der Waals surface area contributed by atoms with Crippen LogP contribution in [0, 0.1) is 5.92 Å². The van der Waals surface area contributed by atoms with Gasteiger partial charge in [0.15, 0.2) is 6.10 Å². The van der Waals surface area contributed by atoms with Gasteiger partial charge in [0, 0.05) is 4.90 Å². The molecule has 7 nitrogen and oxygen atoms in total. The predicted octanol–water partition coefficient (Wildman–Crippen LogP) is 4.25. The van der Waals surface area contributed by atoms with Crippen LogP contribution in [-0.2, 0) is 19.2 Å². The number of carbonyl (C=O) groups is 3. The third-order valence-corrected chi connectivity index (χ3v) is 6.87. The van der Waals surface area contributed by atoms with Gasteiger partial charge in [-0.1, -0.05) is 30.3 Å². The van der Waals surface area contributed by atoms with Crippen LogP contribution in [0.3, 0.4) is 0 Å². The fraction of sp³-hybridized carbons (Fsp3) is 0.192. The largest absolute Gasteiger partial charge is 0.465 e. The van der Waals surface area contributed by atoms with Gasteiger partial charge in [-0.3, -0.25) is 14.4 Å². The third-order valence-electron chi connectivity index (χ3n) is 6.13. The number of amides is 2. The lowest BCUT2D eigenvalue weighted by Gasteiger charge is -2.28. The molecule has 0 aromatic heterocycles. The molecule has 3 atom stereocenters. The van der Waals surface area contributed by atoms with Gasteiger partial charge in [-0.2, -0.15) is 0 Å². The number of ether oxygens (including phenoxy) is 1. The number of anilines is 2. The smallest absolute Gasteiger partial charge is 0.337 e. The molecule has 2 heterocycles. The first-order chi connectivity index (χ1) is 16.5. The molecule has 0 saturated carbocycles. The van der Waals surface area contributed by atoms with Crippen molar-refractivity contribution in [3.63, 3.8) is 0 Å². The summed E-state index contributed by atoms with van der Waals surface area (Å²) >= 11 is 1.63. The Balaban J connectivity index is 1.52. The van der Waals surface area contributed by atoms with Gasteiger partial charge >= 0.3 is 5.97 Å². The van der Waals surface area contributed by atoms with Crippen LogP contribution in [0.4, 0.5) is 11.4 Å². The van der Waals surface area contributed by atoms with Crippen molar-refractivity contribution in [2.75, 3.05) is 23.3 Å². The Morgan fingerprint density at radius 2 is 1.56 bits per heavy atom. The zero-order valence-electron chi connectivity index (χ0n) is 18.6. The number of carbonyl (C=O) groups excluding carboxylic acids is 3. The Bertz CT molecular complexity index is 1230. The minimum absolute atomic E-state index is 0.335. The van der Waals surface area contributed by atoms with Crippen LogP contribution in [-0.4, -0.2) is 37.3 Å². The molecule has 0 aliphatic carbocycles. The molecule has 0 radical (unpaired) electrons. The highest BCUT2D eigenvalue weighted by atomic mass is 32.2. The number of hydrogen-bond donors (Lipinski definition) is 0. The summed E-state index contributed by atoms with van der Waals surface area (Å²) in [4.78, 5) is 47.2. The first-order valence-corrected chi connectivity index (χ1v) is 12.0. The van der Waals surface area contributed by atoms with Gasteiger partial charge in [-0.05, 0) is 60.4 Å². The fourth-order valence-corrected chi connectivity index (χ4v) is 4.88. The predicted molar refractivity (Wildman–Crippen MR) is 129 cm³/mol. The lowest BCUT2D eigenvalue weighted by molar-refractivity contribution is -0.126. The lowest BCUT2D eigenvalue weighted by Crippen LogP contribution is -2.37. The molecule has 5 rings (SSSR count). The van der Waals surface area contributed by atoms with E-state index in [9.17, 15) is 14.4 Å². The van der Waals surface area contributed by atoms with Crippen LogP contribution in [0.5, 0.6) is 0 Å². The lowest BCUT2D eigenvalue weighted by atomic mass is 9.90. The Labute approximate surface area is 201 Å². The van der Waals surface area contributed by atoms with Gasteiger partial charge in [-0.25, -0.2) is 14.8 Å². The monoisotopic (exact) mass is 474 g/mol. The Kier molecular flexibility index (Phi) is 5.85. The average molecular weight is 475 g/mol. The number of methoxy groups -OCH3 is 1. The van der Waals surface area contributed by atoms with E-state index in [-0.39, 0.29) is 5.91 Å². The maximum atomic E-state index is 13.7. The van der Waals surface area contributed by atoms with Crippen molar-refractivity contribution in [1.29, 1.82) is 0 Å². The van der Waals surface area contributed by atoms with Crippen LogP contribution >= 0.6 is 11.8 Å². The van der Waals surface area contributed by atoms with Crippen molar-refractivity contribution < 1.29 is 24.0 Å². The molecule has 2 fully saturated rings. The minimum Gasteiger partial charge on any atom is -0.465 e. The number of hydrogen-bond acceptors (Lipinski definition) is 7. The first kappa shape index (κ1) is 22.2. The van der Waals surface area contributed by atoms with E-state index in [0.29, 0.717) is 11.3 Å². The molecule has 0 spiro atoms. The van der Waals surface area contributed by atoms with Crippen molar-refractivity contribution in [3.8, 4) is 0 Å². The Hall–Kier alpha value is -3.62. The van der Waals surface area contributed by atoms with Gasteiger partial charge in [0.1, 0.15) is 5.92 Å². The number of thioether (sulfide) groups is 1. The van der Waals surface area contributed by atoms with Crippen LogP contribution in [0.1, 0.15) is 22.0 Å². The average Bonchev–Trinajstić information content (AvgIpc) is 3.40. The van der Waals surface area contributed by atoms with Gasteiger partial charge in [0.2, 0.25) is 5.91 Å². The number of nitrogens with zero attached hydrogens (tertiary/aromatic N) is 2. The van der Waals surface area contributed by atoms with E-state index in [1.165, 1.54) is 19.2 Å². The molecule has 2 amide bonds. The van der Waals surface area contributed by atoms with Gasteiger partial charge in [0.25, 0.3) is 5.91 Å². The second-order valence-corrected chi connectivity index (χ2v) is 8.86. The van der Waals surface area contributed by atoms with Crippen LogP contribution in [0.25, 0.3) is 0 Å². The molecule has 3 aromatic rings. The SMILES string of the molecule is COC(=O)c1ccc(N2C(=O)C3ON(c4ccccc4)C(c4ccc(SC)cc4)C3C2=O)cc1. The summed E-state index contributed by atoms with van der Waals surface area (Å²) in [5, 5.41) is 1.68. The first-order valence-electron chi connectivity index (χ1n) is 10.7. The molecule has 2 aliphatic heterocycles. The zero-order chi connectivity index (χ0) is 23.8. The zero-order valence-corrected chi connectivity index (χ0v) is 19.4. The third kappa shape index (κ3) is 3.65. The Morgan fingerprint density at radius 3 is 2.18 bits per heavy atom. The van der Waals surface area contributed by atoms with Gasteiger partial charge < -0.3 is 4.74 Å². The van der Waals surface area contributed by atoms with Crippen molar-refractivity contribution >= 4 is 40.9 Å². The van der Waals surface area contributed by atoms with E-state index < -0.39 is 29.9 Å². The molecule has 8 heteroatoms. The van der Waals surface area contributed by atoms with Crippen molar-refractivity contribution in [2.45, 2.75) is 17.0 Å². The van der Waals surface area contributed by atoms with E-state index in [1.54, 1.807) is 29.0 Å².